The van der Waals surface area contributed by atoms with E-state index >= 15 is 0 Å². The number of aliphatic hydroxyl groups excluding tert-OH is 1. The maximum Gasteiger partial charge on any atom is 0.253 e. The van der Waals surface area contributed by atoms with Crippen LogP contribution in [0.15, 0.2) is 30.5 Å². The van der Waals surface area contributed by atoms with E-state index in [0.717, 1.165) is 17.2 Å². The van der Waals surface area contributed by atoms with Gasteiger partial charge < -0.3 is 15.0 Å². The lowest BCUT2D eigenvalue weighted by Crippen LogP contribution is -2.29. The van der Waals surface area contributed by atoms with E-state index in [1.165, 1.54) is 0 Å². The molecule has 2 N–H and O–H groups in total. The zero-order valence-corrected chi connectivity index (χ0v) is 12.6. The summed E-state index contributed by atoms with van der Waals surface area (Å²) in [5.74, 6) is 0.731. The van der Waals surface area contributed by atoms with Crippen LogP contribution < -0.4 is 5.32 Å². The summed E-state index contributed by atoms with van der Waals surface area (Å²) in [5.41, 5.74) is 2.47. The van der Waals surface area contributed by atoms with Crippen LogP contribution in [0.5, 0.6) is 0 Å². The van der Waals surface area contributed by atoms with Crippen LogP contribution in [0.4, 0.5) is 0 Å². The van der Waals surface area contributed by atoms with Gasteiger partial charge in [0, 0.05) is 30.7 Å². The molecule has 2 rings (SSSR count). The molecule has 1 unspecified atom stereocenters. The van der Waals surface area contributed by atoms with Crippen molar-refractivity contribution in [3.63, 3.8) is 0 Å². The molecule has 0 aliphatic rings. The quantitative estimate of drug-likeness (QED) is 0.882. The normalized spacial score (nSPS) is 12.2. The molecule has 0 bridgehead atoms. The Bertz CT molecular complexity index is 620. The van der Waals surface area contributed by atoms with Gasteiger partial charge in [0.05, 0.1) is 5.56 Å². The van der Waals surface area contributed by atoms with Crippen molar-refractivity contribution < 1.29 is 9.90 Å². The van der Waals surface area contributed by atoms with Crippen molar-refractivity contribution in [3.05, 3.63) is 47.4 Å². The molecule has 0 aliphatic heterocycles. The summed E-state index contributed by atoms with van der Waals surface area (Å²) in [4.78, 5) is 16.6. The average Bonchev–Trinajstić information content (AvgIpc) is 2.80. The van der Waals surface area contributed by atoms with Crippen LogP contribution in [0.2, 0.25) is 0 Å². The molecule has 0 fully saturated rings. The van der Waals surface area contributed by atoms with Crippen molar-refractivity contribution in [3.8, 4) is 5.82 Å². The Morgan fingerprint density at radius 3 is 2.81 bits per heavy atom. The first-order chi connectivity index (χ1) is 10.0. The monoisotopic (exact) mass is 287 g/mol. The van der Waals surface area contributed by atoms with Crippen LogP contribution in [-0.4, -0.2) is 33.7 Å². The minimum absolute atomic E-state index is 0.0493. The Morgan fingerprint density at radius 1 is 1.43 bits per heavy atom. The van der Waals surface area contributed by atoms with Crippen LogP contribution in [0.1, 0.15) is 28.7 Å². The lowest BCUT2D eigenvalue weighted by atomic mass is 10.2. The summed E-state index contributed by atoms with van der Waals surface area (Å²) in [6, 6.07) is 7.56. The van der Waals surface area contributed by atoms with Gasteiger partial charge in [-0.2, -0.15) is 0 Å². The number of aliphatic hydroxyl groups is 1. The second kappa shape index (κ2) is 6.54. The van der Waals surface area contributed by atoms with Crippen LogP contribution >= 0.6 is 0 Å². The number of carbonyl (C=O) groups excluding carboxylic acids is 1. The van der Waals surface area contributed by atoms with Gasteiger partial charge in [-0.1, -0.05) is 13.0 Å². The molecule has 21 heavy (non-hydrogen) atoms. The molecule has 2 heterocycles. The van der Waals surface area contributed by atoms with E-state index in [4.69, 9.17) is 5.11 Å². The number of pyridine rings is 1. The minimum Gasteiger partial charge on any atom is -0.396 e. The number of rotatable bonds is 5. The molecular formula is C16H21N3O2. The van der Waals surface area contributed by atoms with Crippen molar-refractivity contribution >= 4 is 5.91 Å². The van der Waals surface area contributed by atoms with E-state index in [1.54, 1.807) is 6.20 Å². The average molecular weight is 287 g/mol. The van der Waals surface area contributed by atoms with Gasteiger partial charge in [0.2, 0.25) is 0 Å². The van der Waals surface area contributed by atoms with E-state index in [9.17, 15) is 4.79 Å². The lowest BCUT2D eigenvalue weighted by molar-refractivity contribution is 0.0941. The third-order valence-corrected chi connectivity index (χ3v) is 3.48. The molecule has 0 saturated carbocycles. The van der Waals surface area contributed by atoms with Gasteiger partial charge in [0.15, 0.2) is 0 Å². The number of aromatic nitrogens is 2. The zero-order valence-electron chi connectivity index (χ0n) is 12.6. The van der Waals surface area contributed by atoms with E-state index in [2.05, 4.69) is 10.3 Å². The number of hydrogen-bond donors (Lipinski definition) is 2. The van der Waals surface area contributed by atoms with Crippen molar-refractivity contribution in [1.29, 1.82) is 0 Å². The molecule has 5 heteroatoms. The number of hydrogen-bond acceptors (Lipinski definition) is 3. The van der Waals surface area contributed by atoms with E-state index < -0.39 is 0 Å². The fraction of sp³-hybridized carbons (Fsp3) is 0.375. The lowest BCUT2D eigenvalue weighted by Gasteiger charge is -2.10. The molecule has 0 aliphatic carbocycles. The SMILES string of the molecule is Cc1cc(C(=O)NCC(C)CO)c(C)n1-c1ccccn1. The first kappa shape index (κ1) is 15.3. The van der Waals surface area contributed by atoms with Gasteiger partial charge in [-0.3, -0.25) is 4.79 Å². The smallest absolute Gasteiger partial charge is 0.253 e. The van der Waals surface area contributed by atoms with Crippen molar-refractivity contribution in [2.75, 3.05) is 13.2 Å². The molecule has 1 amide bonds. The number of aryl methyl sites for hydroxylation is 1. The van der Waals surface area contributed by atoms with Crippen molar-refractivity contribution in [2.45, 2.75) is 20.8 Å². The summed E-state index contributed by atoms with van der Waals surface area (Å²) in [6.45, 7) is 6.27. The second-order valence-corrected chi connectivity index (χ2v) is 5.31. The fourth-order valence-corrected chi connectivity index (χ4v) is 2.26. The van der Waals surface area contributed by atoms with Crippen LogP contribution in [0.3, 0.4) is 0 Å². The highest BCUT2D eigenvalue weighted by Gasteiger charge is 2.17. The maximum absolute atomic E-state index is 12.3. The van der Waals surface area contributed by atoms with Gasteiger partial charge >= 0.3 is 0 Å². The van der Waals surface area contributed by atoms with Gasteiger partial charge in [-0.15, -0.1) is 0 Å². The van der Waals surface area contributed by atoms with E-state index in [1.807, 2.05) is 49.6 Å². The third kappa shape index (κ3) is 3.31. The van der Waals surface area contributed by atoms with Gasteiger partial charge in [-0.25, -0.2) is 4.98 Å². The molecule has 0 aromatic carbocycles. The molecule has 112 valence electrons. The van der Waals surface area contributed by atoms with Gasteiger partial charge in [0.25, 0.3) is 5.91 Å². The summed E-state index contributed by atoms with van der Waals surface area (Å²) >= 11 is 0. The highest BCUT2D eigenvalue weighted by molar-refractivity contribution is 5.95. The Kier molecular flexibility index (Phi) is 4.75. The topological polar surface area (TPSA) is 67.2 Å². The predicted molar refractivity (Wildman–Crippen MR) is 81.6 cm³/mol. The molecule has 0 saturated heterocycles. The standard InChI is InChI=1S/C16H21N3O2/c1-11(10-20)9-18-16(21)14-8-12(2)19(13(14)3)15-6-4-5-7-17-15/h4-8,11,20H,9-10H2,1-3H3,(H,18,21). The van der Waals surface area contributed by atoms with E-state index in [0.29, 0.717) is 12.1 Å². The van der Waals surface area contributed by atoms with Gasteiger partial charge in [0.1, 0.15) is 5.82 Å². The van der Waals surface area contributed by atoms with Crippen molar-refractivity contribution in [1.82, 2.24) is 14.9 Å². The summed E-state index contributed by atoms with van der Waals surface area (Å²) in [5, 5.41) is 11.9. The molecule has 5 nitrogen and oxygen atoms in total. The zero-order chi connectivity index (χ0) is 15.4. The number of nitrogens with zero attached hydrogens (tertiary/aromatic N) is 2. The Balaban J connectivity index is 2.25. The van der Waals surface area contributed by atoms with Crippen LogP contribution in [0, 0.1) is 19.8 Å². The Labute approximate surface area is 124 Å². The molecule has 1 atom stereocenters. The summed E-state index contributed by atoms with van der Waals surface area (Å²) in [7, 11) is 0. The molecule has 0 spiro atoms. The van der Waals surface area contributed by atoms with E-state index in [-0.39, 0.29) is 18.4 Å². The maximum atomic E-state index is 12.3. The first-order valence-corrected chi connectivity index (χ1v) is 7.04. The second-order valence-electron chi connectivity index (χ2n) is 5.31. The molecule has 2 aromatic rings. The molecular weight excluding hydrogens is 266 g/mol. The summed E-state index contributed by atoms with van der Waals surface area (Å²) in [6.07, 6.45) is 1.73. The fourth-order valence-electron chi connectivity index (χ4n) is 2.26. The first-order valence-electron chi connectivity index (χ1n) is 7.04. The van der Waals surface area contributed by atoms with Gasteiger partial charge in [-0.05, 0) is 38.0 Å². The summed E-state index contributed by atoms with van der Waals surface area (Å²) < 4.78 is 1.96. The number of carbonyl (C=O) groups is 1. The minimum atomic E-state index is -0.120. The van der Waals surface area contributed by atoms with Crippen molar-refractivity contribution in [2.24, 2.45) is 5.92 Å². The third-order valence-electron chi connectivity index (χ3n) is 3.48. The van der Waals surface area contributed by atoms with Crippen LogP contribution in [0.25, 0.3) is 5.82 Å². The Morgan fingerprint density at radius 2 is 2.19 bits per heavy atom. The predicted octanol–water partition coefficient (Wildman–Crippen LogP) is 1.85. The van der Waals surface area contributed by atoms with Crippen LogP contribution in [-0.2, 0) is 0 Å². The molecule has 2 aromatic heterocycles. The highest BCUT2D eigenvalue weighted by atomic mass is 16.3. The number of nitrogens with one attached hydrogen (secondary N) is 1. The molecule has 0 radical (unpaired) electrons. The largest absolute Gasteiger partial charge is 0.396 e. The number of amides is 1. The highest BCUT2D eigenvalue weighted by Crippen LogP contribution is 2.19. The Hall–Kier alpha value is -2.14.